The number of carbonyl (C=O) groups is 2. The van der Waals surface area contributed by atoms with Gasteiger partial charge >= 0.3 is 33.3 Å². The lowest BCUT2D eigenvalue weighted by molar-refractivity contribution is -0.161. The van der Waals surface area contributed by atoms with Crippen LogP contribution in [0, 0.1) is 5.92 Å². The molecule has 1 fully saturated rings. The predicted molar refractivity (Wildman–Crippen MR) is 281 cm³/mol. The van der Waals surface area contributed by atoms with Gasteiger partial charge in [0.1, 0.15) is 30.7 Å². The molecular weight excluding hydrogens is 985 g/mol. The summed E-state index contributed by atoms with van der Waals surface area (Å²) in [6.07, 6.45) is 32.6. The number of esters is 2. The van der Waals surface area contributed by atoms with Gasteiger partial charge in [-0.1, -0.05) is 166 Å². The number of rotatable bonds is 43. The number of ether oxygens (including phenoxy) is 3. The van der Waals surface area contributed by atoms with Crippen LogP contribution in [0.2, 0.25) is 0 Å². The standard InChI is InChI=1S/C52H89N3O16P2/c1-4-32-43(56)34-29-25-21-17-13-9-7-11-15-19-23-27-31-36-48(58)69-44(39-66-47(57)35-30-26-22-18-14-10-6-5-8-12-16-20-24-28-33-42(2)3)40-67-72(62,63)71-73(64,65)68-41-45-49(59)50(60)51(70-45)55-38-37-46(53)54-52(55)61/h7,11,13,17,19,23,25,29,37-38,42-45,49-51,56,59-60H,4-6,8-10,12,14-16,18,20-22,24,26-28,30-36,39-41H2,1-3H3,(H,62,63)(H,64,65)(H2,53,54,61)/b11-7-,17-13-,23-19-,29-25-/t43?,44-,45-,49-,50-,51-/m1/s1. The number of aromatic nitrogens is 2. The van der Waals surface area contributed by atoms with Crippen molar-refractivity contribution in [3.8, 4) is 0 Å². The van der Waals surface area contributed by atoms with E-state index in [-0.39, 0.29) is 24.8 Å². The number of nitrogens with zero attached hydrogens (tertiary/aromatic N) is 2. The van der Waals surface area contributed by atoms with Crippen molar-refractivity contribution in [2.75, 3.05) is 25.6 Å². The van der Waals surface area contributed by atoms with Crippen LogP contribution < -0.4 is 11.4 Å². The Morgan fingerprint density at radius 1 is 0.740 bits per heavy atom. The summed E-state index contributed by atoms with van der Waals surface area (Å²) in [5.74, 6) is -0.591. The second kappa shape index (κ2) is 39.1. The Morgan fingerprint density at radius 2 is 1.27 bits per heavy atom. The third-order valence-corrected chi connectivity index (χ3v) is 14.5. The van der Waals surface area contributed by atoms with Crippen molar-refractivity contribution < 1.29 is 71.4 Å². The maximum absolute atomic E-state index is 12.9. The summed E-state index contributed by atoms with van der Waals surface area (Å²) >= 11 is 0. The smallest absolute Gasteiger partial charge is 0.462 e. The Morgan fingerprint density at radius 3 is 1.85 bits per heavy atom. The summed E-state index contributed by atoms with van der Waals surface area (Å²) in [6, 6.07) is 1.24. The SMILES string of the molecule is CCCC(O)C/C=C\C/C=C\C/C=C\C/C=C\CCCC(=O)O[C@H](COC(=O)CCCCCCCCCCCCCCCCC(C)C)COP(=O)(O)OP(=O)(O)OC[C@H]1O[C@@H](n2ccc(N)nc2=O)[C@H](O)[C@@H]1O. The summed E-state index contributed by atoms with van der Waals surface area (Å²) in [5, 5.41) is 30.7. The van der Waals surface area contributed by atoms with Crippen LogP contribution in [-0.2, 0) is 46.3 Å². The fraction of sp³-hybridized carbons (Fsp3) is 0.731. The van der Waals surface area contributed by atoms with E-state index in [1.54, 1.807) is 0 Å². The lowest BCUT2D eigenvalue weighted by Crippen LogP contribution is -2.36. The molecule has 3 unspecified atom stereocenters. The normalized spacial score (nSPS) is 19.8. The topological polar surface area (TPSA) is 286 Å². The van der Waals surface area contributed by atoms with Crippen molar-refractivity contribution in [3.63, 3.8) is 0 Å². The van der Waals surface area contributed by atoms with E-state index in [1.807, 2.05) is 37.3 Å². The summed E-state index contributed by atoms with van der Waals surface area (Å²) in [6.45, 7) is 4.23. The van der Waals surface area contributed by atoms with Crippen molar-refractivity contribution >= 4 is 33.4 Å². The summed E-state index contributed by atoms with van der Waals surface area (Å²) in [4.78, 5) is 62.0. The summed E-state index contributed by atoms with van der Waals surface area (Å²) in [5.41, 5.74) is 4.58. The molecule has 1 aliphatic heterocycles. The third kappa shape index (κ3) is 32.7. The quantitative estimate of drug-likeness (QED) is 0.0153. The van der Waals surface area contributed by atoms with Gasteiger partial charge in [-0.15, -0.1) is 0 Å². The van der Waals surface area contributed by atoms with Crippen LogP contribution in [0.25, 0.3) is 0 Å². The monoisotopic (exact) mass is 1070 g/mol. The zero-order valence-electron chi connectivity index (χ0n) is 43.7. The molecule has 2 heterocycles. The van der Waals surface area contributed by atoms with E-state index in [9.17, 15) is 48.6 Å². The van der Waals surface area contributed by atoms with Gasteiger partial charge in [-0.05, 0) is 63.4 Å². The molecule has 0 amide bonds. The number of aliphatic hydroxyl groups is 3. The zero-order chi connectivity index (χ0) is 53.7. The Labute approximate surface area is 433 Å². The van der Waals surface area contributed by atoms with Crippen LogP contribution in [0.1, 0.15) is 188 Å². The van der Waals surface area contributed by atoms with Crippen molar-refractivity contribution in [1.82, 2.24) is 9.55 Å². The molecule has 2 rings (SSSR count). The lowest BCUT2D eigenvalue weighted by Gasteiger charge is -2.21. The van der Waals surface area contributed by atoms with E-state index in [2.05, 4.69) is 41.4 Å². The fourth-order valence-electron chi connectivity index (χ4n) is 7.80. The number of hydrogen-bond acceptors (Lipinski definition) is 16. The van der Waals surface area contributed by atoms with Gasteiger partial charge in [0, 0.05) is 19.0 Å². The number of unbranched alkanes of at least 4 members (excludes halogenated alkanes) is 14. The van der Waals surface area contributed by atoms with E-state index in [4.69, 9.17) is 29.0 Å². The largest absolute Gasteiger partial charge is 0.481 e. The van der Waals surface area contributed by atoms with Crippen LogP contribution in [0.5, 0.6) is 0 Å². The van der Waals surface area contributed by atoms with Gasteiger partial charge < -0.3 is 45.1 Å². The minimum absolute atomic E-state index is 0.0405. The average Bonchev–Trinajstić information content (AvgIpc) is 3.61. The second-order valence-electron chi connectivity index (χ2n) is 19.0. The maximum atomic E-state index is 12.9. The van der Waals surface area contributed by atoms with Crippen molar-refractivity contribution in [1.29, 1.82) is 0 Å². The third-order valence-electron chi connectivity index (χ3n) is 11.9. The maximum Gasteiger partial charge on any atom is 0.481 e. The number of carbonyl (C=O) groups excluding carboxylic acids is 2. The molecule has 418 valence electrons. The van der Waals surface area contributed by atoms with Crippen molar-refractivity contribution in [2.24, 2.45) is 5.92 Å². The molecule has 73 heavy (non-hydrogen) atoms. The molecule has 1 aromatic rings. The van der Waals surface area contributed by atoms with E-state index in [0.29, 0.717) is 32.1 Å². The van der Waals surface area contributed by atoms with Gasteiger partial charge in [0.25, 0.3) is 0 Å². The molecule has 1 saturated heterocycles. The minimum Gasteiger partial charge on any atom is -0.462 e. The Bertz CT molecular complexity index is 1940. The Balaban J connectivity index is 1.81. The summed E-state index contributed by atoms with van der Waals surface area (Å²) < 4.78 is 56.8. The molecule has 8 atom stereocenters. The Kier molecular flexibility index (Phi) is 35.3. The molecule has 0 saturated carbocycles. The van der Waals surface area contributed by atoms with Crippen molar-refractivity contribution in [2.45, 2.75) is 218 Å². The number of anilines is 1. The number of nitrogens with two attached hydrogens (primary N) is 1. The van der Waals surface area contributed by atoms with Crippen LogP contribution in [-0.4, -0.2) is 96.9 Å². The molecule has 0 spiro atoms. The van der Waals surface area contributed by atoms with Crippen LogP contribution in [0.4, 0.5) is 5.82 Å². The summed E-state index contributed by atoms with van der Waals surface area (Å²) in [7, 11) is -10.9. The van der Waals surface area contributed by atoms with Crippen molar-refractivity contribution in [3.05, 3.63) is 71.4 Å². The molecule has 0 aliphatic carbocycles. The number of nitrogen functional groups attached to an aromatic ring is 1. The molecule has 7 N–H and O–H groups in total. The van der Waals surface area contributed by atoms with E-state index in [0.717, 1.165) is 68.0 Å². The molecule has 1 aromatic heterocycles. The van der Waals surface area contributed by atoms with Crippen LogP contribution in [0.3, 0.4) is 0 Å². The molecule has 1 aliphatic rings. The molecular formula is C52H89N3O16P2. The minimum atomic E-state index is -5.44. The predicted octanol–water partition coefficient (Wildman–Crippen LogP) is 10.2. The molecule has 19 nitrogen and oxygen atoms in total. The number of phosphoric acid groups is 2. The van der Waals surface area contributed by atoms with E-state index >= 15 is 0 Å². The highest BCUT2D eigenvalue weighted by Crippen LogP contribution is 2.60. The van der Waals surface area contributed by atoms with Gasteiger partial charge in [0.15, 0.2) is 12.3 Å². The molecule has 0 aromatic carbocycles. The van der Waals surface area contributed by atoms with Gasteiger partial charge in [-0.25, -0.2) is 13.9 Å². The number of phosphoric ester groups is 2. The highest BCUT2D eigenvalue weighted by molar-refractivity contribution is 7.61. The van der Waals surface area contributed by atoms with E-state index < -0.39 is 83.7 Å². The number of hydrogen-bond donors (Lipinski definition) is 6. The second-order valence-corrected chi connectivity index (χ2v) is 22.1. The average molecular weight is 1070 g/mol. The first-order valence-electron chi connectivity index (χ1n) is 26.6. The number of aliphatic hydroxyl groups excluding tert-OH is 3. The molecule has 0 bridgehead atoms. The Hall–Kier alpha value is -3.32. The first kappa shape index (κ1) is 65.8. The first-order valence-corrected chi connectivity index (χ1v) is 29.6. The highest BCUT2D eigenvalue weighted by Gasteiger charge is 2.46. The van der Waals surface area contributed by atoms with Gasteiger partial charge in [-0.2, -0.15) is 9.29 Å². The van der Waals surface area contributed by atoms with Gasteiger partial charge in [-0.3, -0.25) is 23.2 Å². The van der Waals surface area contributed by atoms with Gasteiger partial charge in [0.2, 0.25) is 0 Å². The fourth-order valence-corrected chi connectivity index (χ4v) is 9.91. The molecule has 0 radical (unpaired) electrons. The van der Waals surface area contributed by atoms with Gasteiger partial charge in [0.05, 0.1) is 19.3 Å². The molecule has 21 heteroatoms. The lowest BCUT2D eigenvalue weighted by atomic mass is 10.0. The van der Waals surface area contributed by atoms with Crippen LogP contribution >= 0.6 is 15.6 Å². The zero-order valence-corrected chi connectivity index (χ0v) is 45.5. The number of allylic oxidation sites excluding steroid dienone is 7. The van der Waals surface area contributed by atoms with Crippen LogP contribution in [0.15, 0.2) is 65.7 Å². The highest BCUT2D eigenvalue weighted by atomic mass is 31.3. The van der Waals surface area contributed by atoms with E-state index in [1.165, 1.54) is 70.3 Å². The first-order chi connectivity index (χ1) is 34.9.